The van der Waals surface area contributed by atoms with E-state index in [1.165, 1.54) is 4.90 Å². The van der Waals surface area contributed by atoms with Gasteiger partial charge < -0.3 is 15.3 Å². The summed E-state index contributed by atoms with van der Waals surface area (Å²) in [5.41, 5.74) is 0. The fourth-order valence-electron chi connectivity index (χ4n) is 2.03. The summed E-state index contributed by atoms with van der Waals surface area (Å²) in [5, 5.41) is 12.1. The maximum Gasteiger partial charge on any atom is 0.327 e. The average Bonchev–Trinajstić information content (AvgIpc) is 2.35. The van der Waals surface area contributed by atoms with Crippen LogP contribution in [0.5, 0.6) is 0 Å². The predicted molar refractivity (Wildman–Crippen MR) is 72.9 cm³/mol. The van der Waals surface area contributed by atoms with Crippen molar-refractivity contribution >= 4 is 23.8 Å². The van der Waals surface area contributed by atoms with Gasteiger partial charge in [-0.05, 0) is 12.3 Å². The quantitative estimate of drug-likeness (QED) is 0.817. The maximum atomic E-state index is 12.1. The molecule has 1 aliphatic heterocycles. The Kier molecular flexibility index (Phi) is 5.78. The Labute approximate surface area is 112 Å². The van der Waals surface area contributed by atoms with Gasteiger partial charge in [-0.25, -0.2) is 9.59 Å². The number of carbonyl (C=O) groups excluding carboxylic acids is 1. The van der Waals surface area contributed by atoms with Crippen molar-refractivity contribution in [3.63, 3.8) is 0 Å². The number of urea groups is 1. The summed E-state index contributed by atoms with van der Waals surface area (Å²) in [7, 11) is 0. The van der Waals surface area contributed by atoms with E-state index in [0.29, 0.717) is 18.2 Å². The Bertz CT molecular complexity index is 310. The van der Waals surface area contributed by atoms with Gasteiger partial charge in [0.2, 0.25) is 0 Å². The Morgan fingerprint density at radius 3 is 2.67 bits per heavy atom. The number of carbonyl (C=O) groups is 2. The average molecular weight is 274 g/mol. The van der Waals surface area contributed by atoms with E-state index in [1.54, 1.807) is 11.8 Å². The zero-order valence-electron chi connectivity index (χ0n) is 11.2. The van der Waals surface area contributed by atoms with E-state index in [0.717, 1.165) is 12.2 Å². The number of rotatable bonds is 4. The molecule has 0 spiro atoms. The van der Waals surface area contributed by atoms with Crippen LogP contribution in [0.2, 0.25) is 0 Å². The lowest BCUT2D eigenvalue weighted by molar-refractivity contribution is -0.141. The topological polar surface area (TPSA) is 69.6 Å². The minimum Gasteiger partial charge on any atom is -0.480 e. The lowest BCUT2D eigenvalue weighted by atomic mass is 10.0. The molecule has 1 aliphatic rings. The number of carboxylic acid groups (broad SMARTS) is 1. The molecule has 2 N–H and O–H groups in total. The minimum atomic E-state index is -0.921. The molecule has 0 aromatic rings. The zero-order valence-corrected chi connectivity index (χ0v) is 12.0. The first-order valence-electron chi connectivity index (χ1n) is 6.35. The van der Waals surface area contributed by atoms with Crippen molar-refractivity contribution in [2.75, 3.05) is 18.1 Å². The fraction of sp³-hybridized carbons (Fsp3) is 0.833. The molecule has 6 heteroatoms. The van der Waals surface area contributed by atoms with Crippen LogP contribution >= 0.6 is 11.8 Å². The molecule has 104 valence electrons. The monoisotopic (exact) mass is 274 g/mol. The van der Waals surface area contributed by atoms with Gasteiger partial charge in [0.25, 0.3) is 0 Å². The van der Waals surface area contributed by atoms with Gasteiger partial charge in [-0.15, -0.1) is 0 Å². The van der Waals surface area contributed by atoms with E-state index in [4.69, 9.17) is 5.11 Å². The minimum absolute atomic E-state index is 0.0986. The summed E-state index contributed by atoms with van der Waals surface area (Å²) in [6, 6.07) is -0.849. The molecule has 1 fully saturated rings. The molecular weight excluding hydrogens is 252 g/mol. The molecule has 0 saturated carbocycles. The SMILES string of the molecule is CCC(NC(=O)N1CCSCC1C(=O)O)C(C)C. The Balaban J connectivity index is 2.65. The van der Waals surface area contributed by atoms with E-state index in [-0.39, 0.29) is 12.1 Å². The number of amides is 2. The van der Waals surface area contributed by atoms with E-state index in [1.807, 2.05) is 6.92 Å². The first-order valence-corrected chi connectivity index (χ1v) is 7.50. The molecule has 18 heavy (non-hydrogen) atoms. The van der Waals surface area contributed by atoms with Gasteiger partial charge in [0.05, 0.1) is 0 Å². The largest absolute Gasteiger partial charge is 0.480 e. The first-order chi connectivity index (χ1) is 8.47. The van der Waals surface area contributed by atoms with Crippen LogP contribution in [0.3, 0.4) is 0 Å². The summed E-state index contributed by atoms with van der Waals surface area (Å²) in [6.45, 7) is 6.62. The Morgan fingerprint density at radius 2 is 2.17 bits per heavy atom. The van der Waals surface area contributed by atoms with Crippen LogP contribution < -0.4 is 5.32 Å². The number of hydrogen-bond donors (Lipinski definition) is 2. The van der Waals surface area contributed by atoms with Crippen LogP contribution in [0.15, 0.2) is 0 Å². The molecular formula is C12H22N2O3S. The van der Waals surface area contributed by atoms with Crippen molar-refractivity contribution in [3.05, 3.63) is 0 Å². The van der Waals surface area contributed by atoms with Gasteiger partial charge in [-0.3, -0.25) is 0 Å². The summed E-state index contributed by atoms with van der Waals surface area (Å²) < 4.78 is 0. The third-order valence-corrected chi connectivity index (χ3v) is 4.25. The first kappa shape index (κ1) is 15.1. The number of nitrogens with one attached hydrogen (secondary N) is 1. The van der Waals surface area contributed by atoms with Crippen molar-refractivity contribution < 1.29 is 14.7 Å². The molecule has 2 unspecified atom stereocenters. The second-order valence-electron chi connectivity index (χ2n) is 4.83. The van der Waals surface area contributed by atoms with Crippen molar-refractivity contribution in [1.29, 1.82) is 0 Å². The van der Waals surface area contributed by atoms with E-state index < -0.39 is 12.0 Å². The summed E-state index contributed by atoms with van der Waals surface area (Å²) in [5.74, 6) is 0.702. The lowest BCUT2D eigenvalue weighted by Gasteiger charge is -2.34. The normalized spacial score (nSPS) is 21.8. The molecule has 5 nitrogen and oxygen atoms in total. The molecule has 2 atom stereocenters. The smallest absolute Gasteiger partial charge is 0.327 e. The van der Waals surface area contributed by atoms with E-state index >= 15 is 0 Å². The van der Waals surface area contributed by atoms with Crippen LogP contribution in [0, 0.1) is 5.92 Å². The van der Waals surface area contributed by atoms with Crippen molar-refractivity contribution in [1.82, 2.24) is 10.2 Å². The van der Waals surface area contributed by atoms with Crippen LogP contribution in [0.4, 0.5) is 4.79 Å². The van der Waals surface area contributed by atoms with Gasteiger partial charge >= 0.3 is 12.0 Å². The number of nitrogens with zero attached hydrogens (tertiary/aromatic N) is 1. The third kappa shape index (κ3) is 3.80. The molecule has 1 heterocycles. The van der Waals surface area contributed by atoms with Crippen molar-refractivity contribution in [2.24, 2.45) is 5.92 Å². The summed E-state index contributed by atoms with van der Waals surface area (Å²) in [6.07, 6.45) is 0.851. The standard InChI is InChI=1S/C12H22N2O3S/c1-4-9(8(2)3)13-12(17)14-5-6-18-7-10(14)11(15)16/h8-10H,4-7H2,1-3H3,(H,13,17)(H,15,16). The van der Waals surface area contributed by atoms with Crippen molar-refractivity contribution in [2.45, 2.75) is 39.3 Å². The third-order valence-electron chi connectivity index (χ3n) is 3.23. The predicted octanol–water partition coefficient (Wildman–Crippen LogP) is 1.63. The number of aliphatic carboxylic acids is 1. The highest BCUT2D eigenvalue weighted by atomic mass is 32.2. The molecule has 1 saturated heterocycles. The second-order valence-corrected chi connectivity index (χ2v) is 5.98. The lowest BCUT2D eigenvalue weighted by Crippen LogP contribution is -2.56. The highest BCUT2D eigenvalue weighted by molar-refractivity contribution is 7.99. The highest BCUT2D eigenvalue weighted by Gasteiger charge is 2.33. The van der Waals surface area contributed by atoms with Gasteiger partial charge in [0, 0.05) is 24.1 Å². The number of hydrogen-bond acceptors (Lipinski definition) is 3. The van der Waals surface area contributed by atoms with E-state index in [2.05, 4.69) is 19.2 Å². The summed E-state index contributed by atoms with van der Waals surface area (Å²) >= 11 is 1.58. The fourth-order valence-corrected chi connectivity index (χ4v) is 3.07. The van der Waals surface area contributed by atoms with Crippen LogP contribution in [-0.4, -0.2) is 52.1 Å². The molecule has 0 bridgehead atoms. The molecule has 0 aliphatic carbocycles. The Hall–Kier alpha value is -0.910. The van der Waals surface area contributed by atoms with Crippen molar-refractivity contribution in [3.8, 4) is 0 Å². The molecule has 0 aromatic carbocycles. The Morgan fingerprint density at radius 1 is 1.50 bits per heavy atom. The number of thioether (sulfide) groups is 1. The summed E-state index contributed by atoms with van der Waals surface area (Å²) in [4.78, 5) is 24.7. The number of carboxylic acids is 1. The second kappa shape index (κ2) is 6.87. The molecule has 2 amide bonds. The van der Waals surface area contributed by atoms with Crippen LogP contribution in [0.1, 0.15) is 27.2 Å². The molecule has 1 rings (SSSR count). The van der Waals surface area contributed by atoms with Crippen LogP contribution in [-0.2, 0) is 4.79 Å². The molecule has 0 aromatic heterocycles. The van der Waals surface area contributed by atoms with Gasteiger partial charge in [-0.2, -0.15) is 11.8 Å². The highest BCUT2D eigenvalue weighted by Crippen LogP contribution is 2.17. The van der Waals surface area contributed by atoms with Crippen LogP contribution in [0.25, 0.3) is 0 Å². The maximum absolute atomic E-state index is 12.1. The van der Waals surface area contributed by atoms with Gasteiger partial charge in [0.1, 0.15) is 6.04 Å². The van der Waals surface area contributed by atoms with E-state index in [9.17, 15) is 9.59 Å². The van der Waals surface area contributed by atoms with Gasteiger partial charge in [-0.1, -0.05) is 20.8 Å². The van der Waals surface area contributed by atoms with Gasteiger partial charge in [0.15, 0.2) is 0 Å². The molecule has 0 radical (unpaired) electrons. The zero-order chi connectivity index (χ0) is 13.7.